The topological polar surface area (TPSA) is 20.2 Å². The van der Waals surface area contributed by atoms with Gasteiger partial charge in [0, 0.05) is 6.61 Å². The van der Waals surface area contributed by atoms with Crippen molar-refractivity contribution in [2.45, 2.75) is 20.3 Å². The fourth-order valence-electron chi connectivity index (χ4n) is 3.45. The molecule has 0 aliphatic heterocycles. The molecule has 0 unspecified atom stereocenters. The number of aliphatic hydroxyl groups is 1. The van der Waals surface area contributed by atoms with Gasteiger partial charge in [-0.2, -0.15) is 17.5 Å². The number of rotatable bonds is 2. The van der Waals surface area contributed by atoms with Crippen LogP contribution in [0.25, 0.3) is 32.3 Å². The first-order valence-electron chi connectivity index (χ1n) is 10.3. The second kappa shape index (κ2) is 11.9. The Labute approximate surface area is 198 Å². The van der Waals surface area contributed by atoms with Crippen molar-refractivity contribution < 1.29 is 24.0 Å². The number of benzene rings is 3. The van der Waals surface area contributed by atoms with Crippen LogP contribution in [0.2, 0.25) is 0 Å². The van der Waals surface area contributed by atoms with Gasteiger partial charge < -0.3 is 5.11 Å². The minimum absolute atomic E-state index is 0.209. The molecule has 0 spiro atoms. The standard InChI is InChI=1S/C15H13O.C9H7.C3H6.2ClH.Zr/c16-9-8-11-5-3-7-14-13-6-2-1-4-12(13)10-15(11)14;1-2-5-9-7-3-6-8(9)4-1;1-3-2;;;/h1-7,10,16H,8-9H2;1-7H;1-2H3;2*1H;/q2*-1;;;;+2/p-2. The third-order valence-corrected chi connectivity index (χ3v) is 11.4. The first kappa shape index (κ1) is 24.1. The van der Waals surface area contributed by atoms with Crippen molar-refractivity contribution in [3.8, 4) is 0 Å². The molecule has 5 aromatic rings. The van der Waals surface area contributed by atoms with Gasteiger partial charge in [-0.15, -0.1) is 68.9 Å². The van der Waals surface area contributed by atoms with Gasteiger partial charge >= 0.3 is 53.0 Å². The average molecular weight is 529 g/mol. The van der Waals surface area contributed by atoms with E-state index in [0.29, 0.717) is 0 Å². The van der Waals surface area contributed by atoms with Crippen molar-refractivity contribution in [2.24, 2.45) is 0 Å². The Kier molecular flexibility index (Phi) is 9.23. The minimum atomic E-state index is -1.84. The maximum Gasteiger partial charge on any atom is 0.0407 e. The van der Waals surface area contributed by atoms with Crippen molar-refractivity contribution in [3.05, 3.63) is 96.6 Å². The first-order valence-corrected chi connectivity index (χ1v) is 17.8. The molecule has 0 aliphatic carbocycles. The molecule has 5 aromatic carbocycles. The summed E-state index contributed by atoms with van der Waals surface area (Å²) in [7, 11) is 11.1. The number of fused-ring (bicyclic) bond motifs is 4. The second-order valence-corrected chi connectivity index (χ2v) is 16.9. The predicted molar refractivity (Wildman–Crippen MR) is 135 cm³/mol. The van der Waals surface area contributed by atoms with Gasteiger partial charge in [0.15, 0.2) is 0 Å². The molecular formula is C27H26Cl2OZr-2. The summed E-state index contributed by atoms with van der Waals surface area (Å²) in [6, 6.07) is 31.6. The van der Waals surface area contributed by atoms with Crippen LogP contribution in [0.15, 0.2) is 91.0 Å². The zero-order valence-corrected chi connectivity index (χ0v) is 21.7. The van der Waals surface area contributed by atoms with Crippen LogP contribution >= 0.6 is 17.0 Å². The molecule has 0 amide bonds. The summed E-state index contributed by atoms with van der Waals surface area (Å²) in [5.41, 5.74) is 1.23. The smallest absolute Gasteiger partial charge is 0.0407 e. The van der Waals surface area contributed by atoms with Crippen molar-refractivity contribution in [2.75, 3.05) is 6.61 Å². The van der Waals surface area contributed by atoms with E-state index in [0.717, 1.165) is 6.42 Å². The summed E-state index contributed by atoms with van der Waals surface area (Å²) in [6.07, 6.45) is 0.730. The van der Waals surface area contributed by atoms with Crippen LogP contribution < -0.4 is 0 Å². The molecule has 0 fully saturated rings. The summed E-state index contributed by atoms with van der Waals surface area (Å²) in [5, 5.41) is 16.9. The molecule has 5 rings (SSSR count). The first-order chi connectivity index (χ1) is 15.0. The second-order valence-electron chi connectivity index (χ2n) is 7.50. The zero-order chi connectivity index (χ0) is 22.2. The van der Waals surface area contributed by atoms with Crippen LogP contribution in [0.3, 0.4) is 0 Å². The Morgan fingerprint density at radius 3 is 2.16 bits per heavy atom. The Bertz CT molecular complexity index is 1250. The van der Waals surface area contributed by atoms with Crippen molar-refractivity contribution in [1.29, 1.82) is 0 Å². The molecule has 0 saturated carbocycles. The van der Waals surface area contributed by atoms with Crippen LogP contribution in [0.5, 0.6) is 0 Å². The fraction of sp³-hybridized carbons (Fsp3) is 0.148. The summed E-state index contributed by atoms with van der Waals surface area (Å²) >= 11 is -1.84. The maximum absolute atomic E-state index is 9.05. The molecular weight excluding hydrogens is 502 g/mol. The molecule has 0 heterocycles. The van der Waals surface area contributed by atoms with E-state index in [-0.39, 0.29) is 6.61 Å². The molecule has 0 bridgehead atoms. The Morgan fingerprint density at radius 1 is 0.839 bits per heavy atom. The Balaban J connectivity index is 0.000000153. The fourth-order valence-corrected chi connectivity index (χ4v) is 3.45. The van der Waals surface area contributed by atoms with Gasteiger partial charge in [0.05, 0.1) is 0 Å². The molecule has 1 N–H and O–H groups in total. The summed E-state index contributed by atoms with van der Waals surface area (Å²) in [6.45, 7) is 4.17. The van der Waals surface area contributed by atoms with Gasteiger partial charge in [-0.05, 0) is 6.42 Å². The third kappa shape index (κ3) is 6.47. The van der Waals surface area contributed by atoms with E-state index in [2.05, 4.69) is 91.0 Å². The molecule has 160 valence electrons. The SMILES string of the molecule is C[C](C)=[Zr]([Cl])[Cl].OCCc1cccc2c1[cH-]c1ccccc12.c1ccc2[cH-]ccc2c1. The third-order valence-electron chi connectivity index (χ3n) is 5.05. The van der Waals surface area contributed by atoms with Gasteiger partial charge in [-0.1, -0.05) is 42.5 Å². The van der Waals surface area contributed by atoms with Crippen LogP contribution in [0, 0.1) is 0 Å². The number of halogens is 2. The largest absolute Gasteiger partial charge is 0.397 e. The van der Waals surface area contributed by atoms with Crippen LogP contribution in [0.4, 0.5) is 0 Å². The molecule has 0 aliphatic rings. The van der Waals surface area contributed by atoms with E-state index in [1.807, 2.05) is 13.8 Å². The molecule has 0 radical (unpaired) electrons. The summed E-state index contributed by atoms with van der Waals surface area (Å²) in [4.78, 5) is 0. The van der Waals surface area contributed by atoms with Gasteiger partial charge in [0.1, 0.15) is 0 Å². The van der Waals surface area contributed by atoms with Crippen LogP contribution in [0.1, 0.15) is 19.4 Å². The van der Waals surface area contributed by atoms with Gasteiger partial charge in [0.2, 0.25) is 0 Å². The van der Waals surface area contributed by atoms with E-state index in [1.165, 1.54) is 41.1 Å². The molecule has 4 heteroatoms. The van der Waals surface area contributed by atoms with E-state index >= 15 is 0 Å². The Morgan fingerprint density at radius 2 is 1.48 bits per heavy atom. The van der Waals surface area contributed by atoms with Gasteiger partial charge in [0.25, 0.3) is 0 Å². The van der Waals surface area contributed by atoms with E-state index in [1.54, 1.807) is 0 Å². The van der Waals surface area contributed by atoms with E-state index < -0.39 is 18.9 Å². The van der Waals surface area contributed by atoms with Crippen LogP contribution in [-0.4, -0.2) is 14.9 Å². The van der Waals surface area contributed by atoms with Crippen LogP contribution in [-0.2, 0) is 25.3 Å². The number of aliphatic hydroxyl groups excluding tert-OH is 1. The number of hydrogen-bond donors (Lipinski definition) is 1. The molecule has 1 nitrogen and oxygen atoms in total. The molecule has 0 atom stereocenters. The molecule has 31 heavy (non-hydrogen) atoms. The predicted octanol–water partition coefficient (Wildman–Crippen LogP) is 7.93. The van der Waals surface area contributed by atoms with Gasteiger partial charge in [-0.3, -0.25) is 0 Å². The summed E-state index contributed by atoms with van der Waals surface area (Å²) in [5.74, 6) is 0. The van der Waals surface area contributed by atoms with E-state index in [9.17, 15) is 0 Å². The van der Waals surface area contributed by atoms with Crippen molar-refractivity contribution in [1.82, 2.24) is 0 Å². The monoisotopic (exact) mass is 526 g/mol. The summed E-state index contributed by atoms with van der Waals surface area (Å²) < 4.78 is 1.24. The maximum atomic E-state index is 9.05. The van der Waals surface area contributed by atoms with Crippen molar-refractivity contribution >= 4 is 52.5 Å². The molecule has 0 aromatic heterocycles. The zero-order valence-electron chi connectivity index (χ0n) is 17.8. The quantitative estimate of drug-likeness (QED) is 0.231. The normalized spacial score (nSPS) is 10.4. The Hall–Kier alpha value is -1.57. The minimum Gasteiger partial charge on any atom is -0.397 e. The number of hydrogen-bond acceptors (Lipinski definition) is 1. The van der Waals surface area contributed by atoms with E-state index in [4.69, 9.17) is 22.1 Å². The molecule has 0 saturated heterocycles. The average Bonchev–Trinajstić information content (AvgIpc) is 3.40. The van der Waals surface area contributed by atoms with Crippen molar-refractivity contribution in [3.63, 3.8) is 0 Å². The van der Waals surface area contributed by atoms with Gasteiger partial charge in [-0.25, -0.2) is 0 Å².